The van der Waals surface area contributed by atoms with Crippen LogP contribution in [-0.2, 0) is 29.1 Å². The lowest BCUT2D eigenvalue weighted by atomic mass is 9.90. The van der Waals surface area contributed by atoms with Gasteiger partial charge in [-0.25, -0.2) is 19.2 Å². The van der Waals surface area contributed by atoms with Gasteiger partial charge < -0.3 is 10.2 Å². The van der Waals surface area contributed by atoms with Crippen molar-refractivity contribution >= 4 is 28.5 Å². The molecule has 0 aromatic heterocycles. The second-order valence-corrected chi connectivity index (χ2v) is 11.6. The van der Waals surface area contributed by atoms with E-state index in [1.54, 1.807) is 35.3 Å². The Morgan fingerprint density at radius 1 is 0.886 bits per heavy atom. The number of carbonyl (C=O) groups is 3. The average molecular weight is 591 g/mol. The zero-order valence-electron chi connectivity index (χ0n) is 24.7. The number of hydrazine groups is 1. The molecule has 6 rings (SSSR count). The number of carbonyl (C=O) groups excluding carboxylic acids is 3. The highest BCUT2D eigenvalue weighted by Crippen LogP contribution is 2.32. The van der Waals surface area contributed by atoms with E-state index in [1.807, 2.05) is 59.5 Å². The van der Waals surface area contributed by atoms with Crippen molar-refractivity contribution < 1.29 is 18.8 Å². The van der Waals surface area contributed by atoms with Crippen molar-refractivity contribution in [1.29, 1.82) is 0 Å². The van der Waals surface area contributed by atoms with E-state index in [9.17, 15) is 18.8 Å². The van der Waals surface area contributed by atoms with E-state index in [4.69, 9.17) is 0 Å². The molecule has 8 heteroatoms. The lowest BCUT2D eigenvalue weighted by molar-refractivity contribution is -0.136. The van der Waals surface area contributed by atoms with Gasteiger partial charge >= 0.3 is 6.03 Å². The van der Waals surface area contributed by atoms with Gasteiger partial charge in [-0.05, 0) is 64.1 Å². The van der Waals surface area contributed by atoms with Crippen molar-refractivity contribution in [3.63, 3.8) is 0 Å². The van der Waals surface area contributed by atoms with Gasteiger partial charge in [-0.3, -0.25) is 9.59 Å². The highest BCUT2D eigenvalue weighted by Gasteiger charge is 2.41. The van der Waals surface area contributed by atoms with Crippen LogP contribution >= 0.6 is 0 Å². The van der Waals surface area contributed by atoms with E-state index < -0.39 is 12.0 Å². The summed E-state index contributed by atoms with van der Waals surface area (Å²) >= 11 is 0. The topological polar surface area (TPSA) is 73.0 Å². The van der Waals surface area contributed by atoms with E-state index in [0.717, 1.165) is 33.0 Å². The molecule has 0 aliphatic carbocycles. The van der Waals surface area contributed by atoms with Gasteiger partial charge in [-0.15, -0.1) is 0 Å². The average Bonchev–Trinajstić information content (AvgIpc) is 3.21. The molecule has 1 saturated heterocycles. The summed E-state index contributed by atoms with van der Waals surface area (Å²) in [6.07, 6.45) is 2.53. The maximum absolute atomic E-state index is 14.3. The number of fused-ring (bicyclic) bond motifs is 2. The number of likely N-dealkylation sites (N-methyl/N-ethyl adjacent to an activating group) is 1. The number of nitrogens with zero attached hydrogens (tertiary/aromatic N) is 3. The largest absolute Gasteiger partial charge is 0.336 e. The van der Waals surface area contributed by atoms with Crippen molar-refractivity contribution in [3.05, 3.63) is 131 Å². The third-order valence-electron chi connectivity index (χ3n) is 8.49. The zero-order chi connectivity index (χ0) is 30.6. The third kappa shape index (κ3) is 6.40. The quantitative estimate of drug-likeness (QED) is 0.322. The minimum absolute atomic E-state index is 0.00228. The summed E-state index contributed by atoms with van der Waals surface area (Å²) < 4.78 is 13.4. The number of hydrogen-bond donors (Lipinski definition) is 1. The van der Waals surface area contributed by atoms with Crippen molar-refractivity contribution in [3.8, 4) is 0 Å². The molecule has 2 heterocycles. The first-order valence-electron chi connectivity index (χ1n) is 14.9. The summed E-state index contributed by atoms with van der Waals surface area (Å²) in [4.78, 5) is 43.1. The third-order valence-corrected chi connectivity index (χ3v) is 8.49. The Kier molecular flexibility index (Phi) is 8.52. The normalized spacial score (nSPS) is 19.3. The Labute approximate surface area is 256 Å². The maximum atomic E-state index is 14.3. The van der Waals surface area contributed by atoms with Crippen LogP contribution in [0.2, 0.25) is 0 Å². The van der Waals surface area contributed by atoms with Crippen molar-refractivity contribution in [2.75, 3.05) is 20.1 Å². The number of halogens is 1. The Bertz CT molecular complexity index is 1700. The summed E-state index contributed by atoms with van der Waals surface area (Å²) in [6, 6.07) is 29.1. The molecule has 0 radical (unpaired) electrons. The number of hydrogen-bond acceptors (Lipinski definition) is 4. The van der Waals surface area contributed by atoms with Crippen LogP contribution in [0.5, 0.6) is 0 Å². The minimum Gasteiger partial charge on any atom is -0.336 e. The van der Waals surface area contributed by atoms with Crippen LogP contribution < -0.4 is 5.32 Å². The van der Waals surface area contributed by atoms with E-state index in [1.165, 1.54) is 12.1 Å². The van der Waals surface area contributed by atoms with Gasteiger partial charge in [0.05, 0.1) is 12.6 Å². The van der Waals surface area contributed by atoms with Crippen molar-refractivity contribution in [2.24, 2.45) is 5.92 Å². The molecule has 4 aromatic carbocycles. The second-order valence-electron chi connectivity index (χ2n) is 11.6. The molecule has 3 amide bonds. The number of likely N-dealkylation sites (tertiary alicyclic amines) is 1. The van der Waals surface area contributed by atoms with E-state index in [-0.39, 0.29) is 43.2 Å². The summed E-state index contributed by atoms with van der Waals surface area (Å²) in [6.45, 7) is 0.835. The lowest BCUT2D eigenvalue weighted by Gasteiger charge is -2.38. The fourth-order valence-electron chi connectivity index (χ4n) is 6.36. The van der Waals surface area contributed by atoms with Crippen LogP contribution in [0, 0.1) is 11.7 Å². The molecule has 2 aliphatic rings. The minimum atomic E-state index is -0.542. The second kappa shape index (κ2) is 12.8. The summed E-state index contributed by atoms with van der Waals surface area (Å²) in [5.74, 6) is -0.865. The summed E-state index contributed by atoms with van der Waals surface area (Å²) in [7, 11) is 1.72. The van der Waals surface area contributed by atoms with Crippen molar-refractivity contribution in [1.82, 2.24) is 20.2 Å². The van der Waals surface area contributed by atoms with Gasteiger partial charge in [0.1, 0.15) is 5.82 Å². The van der Waals surface area contributed by atoms with Crippen LogP contribution in [-0.4, -0.2) is 58.8 Å². The van der Waals surface area contributed by atoms with Crippen LogP contribution in [0.3, 0.4) is 0 Å². The van der Waals surface area contributed by atoms with Gasteiger partial charge in [0, 0.05) is 32.6 Å². The number of ketones is 1. The molecule has 224 valence electrons. The number of benzene rings is 4. The summed E-state index contributed by atoms with van der Waals surface area (Å²) in [5, 5.41) is 8.32. The highest BCUT2D eigenvalue weighted by molar-refractivity contribution is 5.94. The molecular weight excluding hydrogens is 555 g/mol. The number of nitrogens with one attached hydrogen (secondary N) is 1. The SMILES string of the molecule is CN1CC(=O)C=C2C[C@@H](Cc3ccccc3)C(=O)N(Cc3cccc4ccccc34)C[C@@H]2N1C(=O)NCc1ccc(F)cc1. The summed E-state index contributed by atoms with van der Waals surface area (Å²) in [5.41, 5.74) is 3.58. The molecule has 1 fully saturated rings. The number of rotatable bonds is 6. The molecule has 2 aliphatic heterocycles. The maximum Gasteiger partial charge on any atom is 0.332 e. The van der Waals surface area contributed by atoms with E-state index in [0.29, 0.717) is 19.4 Å². The predicted molar refractivity (Wildman–Crippen MR) is 168 cm³/mol. The number of urea groups is 1. The Morgan fingerprint density at radius 3 is 2.41 bits per heavy atom. The standard InChI is InChI=1S/C36H35FN4O3/c1-39-23-32(42)20-29-19-30(18-25-8-3-2-4-9-25)35(43)40(22-28-12-7-11-27-10-5-6-13-33(27)28)24-34(29)41(39)36(44)38-21-26-14-16-31(37)17-15-26/h2-17,20,30,34H,18-19,21-24H2,1H3,(H,38,44)/t30-,34+/m1/s1. The molecule has 0 unspecified atom stereocenters. The molecule has 2 atom stereocenters. The van der Waals surface area contributed by atoms with E-state index in [2.05, 4.69) is 23.5 Å². The lowest BCUT2D eigenvalue weighted by Crippen LogP contribution is -2.57. The Morgan fingerprint density at radius 2 is 1.61 bits per heavy atom. The molecule has 44 heavy (non-hydrogen) atoms. The van der Waals surface area contributed by atoms with Gasteiger partial charge in [0.15, 0.2) is 5.78 Å². The fourth-order valence-corrected chi connectivity index (χ4v) is 6.36. The molecule has 0 bridgehead atoms. The number of amides is 3. The van der Waals surface area contributed by atoms with Gasteiger partial charge in [0.25, 0.3) is 0 Å². The molecule has 1 N–H and O–H groups in total. The molecular formula is C36H35FN4O3. The zero-order valence-corrected chi connectivity index (χ0v) is 24.7. The first-order valence-corrected chi connectivity index (χ1v) is 14.9. The fraction of sp³-hybridized carbons (Fsp3) is 0.250. The Balaban J connectivity index is 1.35. The van der Waals surface area contributed by atoms with Gasteiger partial charge in [-0.2, -0.15) is 0 Å². The van der Waals surface area contributed by atoms with Crippen LogP contribution in [0.25, 0.3) is 10.8 Å². The Hall–Kier alpha value is -4.82. The van der Waals surface area contributed by atoms with Gasteiger partial charge in [-0.1, -0.05) is 84.9 Å². The monoisotopic (exact) mass is 590 g/mol. The van der Waals surface area contributed by atoms with E-state index >= 15 is 0 Å². The molecule has 4 aromatic rings. The first-order chi connectivity index (χ1) is 21.4. The van der Waals surface area contributed by atoms with Crippen LogP contribution in [0.1, 0.15) is 23.1 Å². The smallest absolute Gasteiger partial charge is 0.332 e. The predicted octanol–water partition coefficient (Wildman–Crippen LogP) is 5.51. The molecule has 0 spiro atoms. The molecule has 0 saturated carbocycles. The first kappa shape index (κ1) is 29.3. The van der Waals surface area contributed by atoms with Crippen LogP contribution in [0.4, 0.5) is 9.18 Å². The molecule has 7 nitrogen and oxygen atoms in total. The van der Waals surface area contributed by atoms with Gasteiger partial charge in [0.2, 0.25) is 5.91 Å². The van der Waals surface area contributed by atoms with Crippen molar-refractivity contribution in [2.45, 2.75) is 32.0 Å². The highest BCUT2D eigenvalue weighted by atomic mass is 19.1. The van der Waals surface area contributed by atoms with Crippen LogP contribution in [0.15, 0.2) is 109 Å².